The number of hydrogen-bond acceptors (Lipinski definition) is 4. The van der Waals surface area contributed by atoms with Crippen LogP contribution in [0, 0.1) is 6.92 Å². The summed E-state index contributed by atoms with van der Waals surface area (Å²) in [4.78, 5) is 36.1. The number of benzene rings is 1. The molecular formula is C20H22N6O2. The fourth-order valence-corrected chi connectivity index (χ4v) is 4.18. The van der Waals surface area contributed by atoms with Crippen molar-refractivity contribution in [3.63, 3.8) is 0 Å². The second kappa shape index (κ2) is 6.47. The van der Waals surface area contributed by atoms with E-state index in [1.54, 1.807) is 11.1 Å². The Morgan fingerprint density at radius 2 is 2.18 bits per heavy atom. The van der Waals surface area contributed by atoms with Crippen LogP contribution in [0.1, 0.15) is 41.5 Å². The molecule has 1 N–H and O–H groups in total. The van der Waals surface area contributed by atoms with E-state index >= 15 is 0 Å². The highest BCUT2D eigenvalue weighted by atomic mass is 16.2. The molecule has 0 radical (unpaired) electrons. The first-order chi connectivity index (χ1) is 13.6. The number of hydrogen-bond donors (Lipinski definition) is 1. The summed E-state index contributed by atoms with van der Waals surface area (Å²) in [7, 11) is 0. The highest BCUT2D eigenvalue weighted by Crippen LogP contribution is 2.27. The average molecular weight is 378 g/mol. The first-order valence-corrected chi connectivity index (χ1v) is 9.68. The van der Waals surface area contributed by atoms with Crippen molar-refractivity contribution < 1.29 is 9.59 Å². The molecule has 8 nitrogen and oxygen atoms in total. The second-order valence-corrected chi connectivity index (χ2v) is 7.58. The van der Waals surface area contributed by atoms with Crippen LogP contribution in [0.5, 0.6) is 0 Å². The van der Waals surface area contributed by atoms with E-state index in [0.29, 0.717) is 25.1 Å². The van der Waals surface area contributed by atoms with E-state index in [1.807, 2.05) is 40.9 Å². The number of imidazole rings is 1. The summed E-state index contributed by atoms with van der Waals surface area (Å²) in [6.07, 6.45) is 6.04. The van der Waals surface area contributed by atoms with Crippen molar-refractivity contribution in [1.82, 2.24) is 24.6 Å². The molecule has 2 aliphatic heterocycles. The van der Waals surface area contributed by atoms with Crippen molar-refractivity contribution in [2.24, 2.45) is 0 Å². The number of amides is 2. The molecule has 144 valence electrons. The summed E-state index contributed by atoms with van der Waals surface area (Å²) in [6.45, 7) is 3.98. The minimum absolute atomic E-state index is 0.0266. The minimum Gasteiger partial charge on any atom is -0.342 e. The SMILES string of the molecule is Cc1nc2ccc(C(=O)N3CCC(n4cc(N5CCCC5=O)cn4)C3)cc2[nH]1. The monoisotopic (exact) mass is 378 g/mol. The summed E-state index contributed by atoms with van der Waals surface area (Å²) in [6, 6.07) is 5.72. The van der Waals surface area contributed by atoms with Gasteiger partial charge in [-0.1, -0.05) is 0 Å². The number of fused-ring (bicyclic) bond motifs is 1. The maximum Gasteiger partial charge on any atom is 0.254 e. The molecule has 0 bridgehead atoms. The van der Waals surface area contributed by atoms with E-state index in [-0.39, 0.29) is 17.9 Å². The number of aromatic nitrogens is 4. The van der Waals surface area contributed by atoms with Gasteiger partial charge < -0.3 is 14.8 Å². The topological polar surface area (TPSA) is 87.1 Å². The number of likely N-dealkylation sites (tertiary alicyclic amines) is 1. The van der Waals surface area contributed by atoms with Crippen LogP contribution in [0.25, 0.3) is 11.0 Å². The Labute approximate surface area is 162 Å². The minimum atomic E-state index is 0.0266. The zero-order valence-electron chi connectivity index (χ0n) is 15.8. The Hall–Kier alpha value is -3.16. The maximum absolute atomic E-state index is 12.9. The van der Waals surface area contributed by atoms with E-state index in [0.717, 1.165) is 41.9 Å². The fraction of sp³-hybridized carbons (Fsp3) is 0.400. The van der Waals surface area contributed by atoms with Gasteiger partial charge in [0.05, 0.1) is 29.0 Å². The molecule has 2 saturated heterocycles. The zero-order valence-corrected chi connectivity index (χ0v) is 15.8. The molecule has 0 aliphatic carbocycles. The molecule has 4 heterocycles. The molecule has 8 heteroatoms. The number of aromatic amines is 1. The van der Waals surface area contributed by atoms with Crippen molar-refractivity contribution in [3.8, 4) is 0 Å². The van der Waals surface area contributed by atoms with E-state index in [1.165, 1.54) is 0 Å². The molecular weight excluding hydrogens is 356 g/mol. The molecule has 1 unspecified atom stereocenters. The van der Waals surface area contributed by atoms with Gasteiger partial charge in [-0.15, -0.1) is 0 Å². The summed E-state index contributed by atoms with van der Waals surface area (Å²) in [5, 5.41) is 4.46. The quantitative estimate of drug-likeness (QED) is 0.757. The van der Waals surface area contributed by atoms with Gasteiger partial charge in [0.2, 0.25) is 5.91 Å². The summed E-state index contributed by atoms with van der Waals surface area (Å²) in [5.41, 5.74) is 3.27. The van der Waals surface area contributed by atoms with Crippen LogP contribution in [-0.2, 0) is 4.79 Å². The smallest absolute Gasteiger partial charge is 0.254 e. The van der Waals surface area contributed by atoms with Crippen molar-refractivity contribution in [2.45, 2.75) is 32.2 Å². The van der Waals surface area contributed by atoms with Crippen LogP contribution in [-0.4, -0.2) is 56.1 Å². The lowest BCUT2D eigenvalue weighted by atomic mass is 10.2. The number of carbonyl (C=O) groups is 2. The lowest BCUT2D eigenvalue weighted by Gasteiger charge is -2.17. The number of rotatable bonds is 3. The van der Waals surface area contributed by atoms with Gasteiger partial charge in [0, 0.05) is 37.8 Å². The Morgan fingerprint density at radius 3 is 3.00 bits per heavy atom. The molecule has 1 aromatic carbocycles. The van der Waals surface area contributed by atoms with Crippen LogP contribution < -0.4 is 4.90 Å². The van der Waals surface area contributed by atoms with Gasteiger partial charge in [0.1, 0.15) is 5.82 Å². The van der Waals surface area contributed by atoms with Crippen molar-refractivity contribution in [2.75, 3.05) is 24.5 Å². The zero-order chi connectivity index (χ0) is 19.3. The van der Waals surface area contributed by atoms with Gasteiger partial charge in [-0.3, -0.25) is 14.3 Å². The Kier molecular flexibility index (Phi) is 3.92. The van der Waals surface area contributed by atoms with E-state index in [4.69, 9.17) is 0 Å². The Morgan fingerprint density at radius 1 is 1.29 bits per heavy atom. The molecule has 2 aromatic heterocycles. The molecule has 1 atom stereocenters. The molecule has 2 aliphatic rings. The van der Waals surface area contributed by atoms with Crippen LogP contribution in [0.4, 0.5) is 5.69 Å². The third-order valence-corrected chi connectivity index (χ3v) is 5.64. The number of carbonyl (C=O) groups excluding carboxylic acids is 2. The number of anilines is 1. The van der Waals surface area contributed by atoms with Crippen molar-refractivity contribution in [1.29, 1.82) is 0 Å². The van der Waals surface area contributed by atoms with Crippen LogP contribution >= 0.6 is 0 Å². The molecule has 0 spiro atoms. The summed E-state index contributed by atoms with van der Waals surface area (Å²) < 4.78 is 1.90. The molecule has 28 heavy (non-hydrogen) atoms. The molecule has 2 fully saturated rings. The largest absolute Gasteiger partial charge is 0.342 e. The van der Waals surface area contributed by atoms with Crippen molar-refractivity contribution >= 4 is 28.5 Å². The normalized spacial score (nSPS) is 19.9. The first-order valence-electron chi connectivity index (χ1n) is 9.68. The molecule has 3 aromatic rings. The fourth-order valence-electron chi connectivity index (χ4n) is 4.18. The van der Waals surface area contributed by atoms with E-state index in [9.17, 15) is 9.59 Å². The maximum atomic E-state index is 12.9. The summed E-state index contributed by atoms with van der Waals surface area (Å²) in [5.74, 6) is 1.03. The Balaban J connectivity index is 1.30. The van der Waals surface area contributed by atoms with Gasteiger partial charge >= 0.3 is 0 Å². The Bertz CT molecular complexity index is 1070. The standard InChI is InChI=1S/C20H22N6O2/c1-13-22-17-5-4-14(9-18(17)23-13)20(28)24-8-6-15(11-24)26-12-16(10-21-26)25-7-2-3-19(25)27/h4-5,9-10,12,15H,2-3,6-8,11H2,1H3,(H,22,23). The lowest BCUT2D eigenvalue weighted by molar-refractivity contribution is -0.117. The number of aryl methyl sites for hydroxylation is 1. The van der Waals surface area contributed by atoms with Gasteiger partial charge in [-0.2, -0.15) is 5.10 Å². The average Bonchev–Trinajstić information content (AvgIpc) is 3.45. The number of nitrogens with one attached hydrogen (secondary N) is 1. The van der Waals surface area contributed by atoms with Crippen LogP contribution in [0.2, 0.25) is 0 Å². The third kappa shape index (κ3) is 2.85. The predicted molar refractivity (Wildman–Crippen MR) is 104 cm³/mol. The van der Waals surface area contributed by atoms with Gasteiger partial charge in [-0.05, 0) is 38.0 Å². The van der Waals surface area contributed by atoms with E-state index < -0.39 is 0 Å². The first kappa shape index (κ1) is 17.0. The highest BCUT2D eigenvalue weighted by Gasteiger charge is 2.30. The van der Waals surface area contributed by atoms with Crippen molar-refractivity contribution in [3.05, 3.63) is 42.0 Å². The van der Waals surface area contributed by atoms with Crippen LogP contribution in [0.3, 0.4) is 0 Å². The molecule has 2 amide bonds. The van der Waals surface area contributed by atoms with Crippen LogP contribution in [0.15, 0.2) is 30.6 Å². The lowest BCUT2D eigenvalue weighted by Crippen LogP contribution is -2.29. The molecule has 5 rings (SSSR count). The number of H-pyrrole nitrogens is 1. The van der Waals surface area contributed by atoms with Gasteiger partial charge in [0.25, 0.3) is 5.91 Å². The summed E-state index contributed by atoms with van der Waals surface area (Å²) >= 11 is 0. The number of nitrogens with zero attached hydrogens (tertiary/aromatic N) is 5. The highest BCUT2D eigenvalue weighted by molar-refractivity contribution is 5.97. The second-order valence-electron chi connectivity index (χ2n) is 7.58. The van der Waals surface area contributed by atoms with Gasteiger partial charge in [-0.25, -0.2) is 4.98 Å². The predicted octanol–water partition coefficient (Wildman–Crippen LogP) is 2.28. The third-order valence-electron chi connectivity index (χ3n) is 5.64. The molecule has 0 saturated carbocycles. The van der Waals surface area contributed by atoms with E-state index in [2.05, 4.69) is 15.1 Å². The van der Waals surface area contributed by atoms with Gasteiger partial charge in [0.15, 0.2) is 0 Å².